The Balaban J connectivity index is 1.69. The number of rotatable bonds is 2. The highest BCUT2D eigenvalue weighted by atomic mass is 16.4. The van der Waals surface area contributed by atoms with E-state index in [0.29, 0.717) is 22.2 Å². The van der Waals surface area contributed by atoms with E-state index in [-0.39, 0.29) is 11.2 Å². The van der Waals surface area contributed by atoms with Crippen LogP contribution in [0.2, 0.25) is 0 Å². The van der Waals surface area contributed by atoms with Gasteiger partial charge in [0.1, 0.15) is 5.58 Å². The molecule has 0 saturated heterocycles. The number of aromatic amines is 1. The Hall–Kier alpha value is -4.45. The number of aryl methyl sites for hydroxylation is 1. The lowest BCUT2D eigenvalue weighted by Crippen LogP contribution is -2.15. The summed E-state index contributed by atoms with van der Waals surface area (Å²) in [6.45, 7) is 1.93. The van der Waals surface area contributed by atoms with Crippen LogP contribution in [0.1, 0.15) is 5.56 Å². The topological polar surface area (TPSA) is 80.9 Å². The Morgan fingerprint density at radius 2 is 1.72 bits per heavy atom. The summed E-state index contributed by atoms with van der Waals surface area (Å²) in [5.74, 6) is 0. The van der Waals surface area contributed by atoms with Gasteiger partial charge in [0.25, 0.3) is 0 Å². The van der Waals surface area contributed by atoms with E-state index in [0.717, 1.165) is 27.6 Å². The molecule has 3 aromatic heterocycles. The molecule has 0 aliphatic heterocycles. The van der Waals surface area contributed by atoms with Crippen LogP contribution >= 0.6 is 0 Å². The largest absolute Gasteiger partial charge is 0.421 e. The van der Waals surface area contributed by atoms with Crippen LogP contribution in [0, 0.1) is 6.92 Å². The Morgan fingerprint density at radius 3 is 2.59 bits per heavy atom. The number of nitrogens with one attached hydrogen (secondary N) is 1. The van der Waals surface area contributed by atoms with E-state index in [9.17, 15) is 9.59 Å². The molecule has 0 spiro atoms. The highest BCUT2D eigenvalue weighted by Gasteiger charge is 2.18. The molecule has 0 bridgehead atoms. The molecule has 1 N–H and O–H groups in total. The summed E-state index contributed by atoms with van der Waals surface area (Å²) in [6.07, 6.45) is 1.82. The van der Waals surface area contributed by atoms with Crippen LogP contribution in [0.5, 0.6) is 0 Å². The molecule has 3 heterocycles. The summed E-state index contributed by atoms with van der Waals surface area (Å²) in [6, 6.07) is 23.2. The molecule has 0 aliphatic carbocycles. The molecule has 0 atom stereocenters. The maximum Gasteiger partial charge on any atom is 0.362 e. The minimum absolute atomic E-state index is 0.152. The zero-order valence-corrected chi connectivity index (χ0v) is 17.1. The molecule has 6 aromatic rings. The second kappa shape index (κ2) is 6.78. The van der Waals surface area contributed by atoms with Crippen LogP contribution in [0.25, 0.3) is 49.7 Å². The number of hydrogen-bond donors (Lipinski definition) is 1. The average molecular weight is 419 g/mol. The number of nitrogens with zero attached hydrogens (tertiary/aromatic N) is 2. The Kier molecular flexibility index (Phi) is 3.89. The van der Waals surface area contributed by atoms with Crippen molar-refractivity contribution in [2.24, 2.45) is 0 Å². The van der Waals surface area contributed by atoms with Crippen LogP contribution in [0.4, 0.5) is 0 Å². The maximum absolute atomic E-state index is 12.9. The first-order chi connectivity index (χ1) is 15.6. The Bertz CT molecular complexity index is 1790. The van der Waals surface area contributed by atoms with Gasteiger partial charge in [0.2, 0.25) is 0 Å². The second-order valence-corrected chi connectivity index (χ2v) is 7.79. The average Bonchev–Trinajstić information content (AvgIpc) is 3.17. The third kappa shape index (κ3) is 2.70. The SMILES string of the molecule is Cc1ccccc1-n1c(=O)[nH]c2c(=O)oc3ccc(-c4cnc5ccccc5c4)cc3c21. The number of imidazole rings is 1. The minimum Gasteiger partial charge on any atom is -0.421 e. The smallest absolute Gasteiger partial charge is 0.362 e. The van der Waals surface area contributed by atoms with E-state index < -0.39 is 5.63 Å². The first kappa shape index (κ1) is 18.3. The van der Waals surface area contributed by atoms with Gasteiger partial charge in [0.05, 0.1) is 16.7 Å². The highest BCUT2D eigenvalue weighted by molar-refractivity contribution is 6.03. The van der Waals surface area contributed by atoms with Gasteiger partial charge in [0, 0.05) is 22.5 Å². The molecule has 0 saturated carbocycles. The summed E-state index contributed by atoms with van der Waals surface area (Å²) < 4.78 is 7.06. The third-order valence-electron chi connectivity index (χ3n) is 5.82. The zero-order valence-electron chi connectivity index (χ0n) is 17.1. The number of fused-ring (bicyclic) bond motifs is 4. The second-order valence-electron chi connectivity index (χ2n) is 7.79. The lowest BCUT2D eigenvalue weighted by atomic mass is 10.0. The van der Waals surface area contributed by atoms with Crippen molar-refractivity contribution in [1.29, 1.82) is 0 Å². The molecule has 0 radical (unpaired) electrons. The normalized spacial score (nSPS) is 11.5. The number of aromatic nitrogens is 3. The van der Waals surface area contributed by atoms with Crippen molar-refractivity contribution in [2.75, 3.05) is 0 Å². The maximum atomic E-state index is 12.9. The molecule has 154 valence electrons. The van der Waals surface area contributed by atoms with Crippen LogP contribution in [0.15, 0.2) is 93.0 Å². The van der Waals surface area contributed by atoms with Crippen molar-refractivity contribution in [2.45, 2.75) is 6.92 Å². The summed E-state index contributed by atoms with van der Waals surface area (Å²) in [5, 5.41) is 1.71. The van der Waals surface area contributed by atoms with E-state index in [1.54, 1.807) is 10.6 Å². The van der Waals surface area contributed by atoms with Gasteiger partial charge in [0.15, 0.2) is 5.52 Å². The molecule has 6 rings (SSSR count). The number of H-pyrrole nitrogens is 1. The lowest BCUT2D eigenvalue weighted by molar-refractivity contribution is 0.568. The van der Waals surface area contributed by atoms with Crippen LogP contribution in [-0.4, -0.2) is 14.5 Å². The predicted molar refractivity (Wildman–Crippen MR) is 125 cm³/mol. The molecule has 32 heavy (non-hydrogen) atoms. The van der Waals surface area contributed by atoms with Gasteiger partial charge in [-0.2, -0.15) is 0 Å². The molecular weight excluding hydrogens is 402 g/mol. The molecule has 0 aliphatic rings. The predicted octanol–water partition coefficient (Wildman–Crippen LogP) is 4.95. The van der Waals surface area contributed by atoms with Gasteiger partial charge >= 0.3 is 11.3 Å². The fourth-order valence-electron chi connectivity index (χ4n) is 4.25. The number of pyridine rings is 1. The summed E-state index contributed by atoms with van der Waals surface area (Å²) in [5.41, 5.74) is 4.53. The van der Waals surface area contributed by atoms with Crippen molar-refractivity contribution in [1.82, 2.24) is 14.5 Å². The van der Waals surface area contributed by atoms with E-state index in [1.807, 2.05) is 73.8 Å². The molecule has 0 amide bonds. The molecule has 0 fully saturated rings. The number of benzene rings is 3. The first-order valence-corrected chi connectivity index (χ1v) is 10.2. The minimum atomic E-state index is -0.572. The molecule has 6 heteroatoms. The fourth-order valence-corrected chi connectivity index (χ4v) is 4.25. The van der Waals surface area contributed by atoms with E-state index in [4.69, 9.17) is 4.42 Å². The lowest BCUT2D eigenvalue weighted by Gasteiger charge is -2.10. The first-order valence-electron chi connectivity index (χ1n) is 10.2. The van der Waals surface area contributed by atoms with Gasteiger partial charge in [-0.3, -0.25) is 14.5 Å². The summed E-state index contributed by atoms with van der Waals surface area (Å²) >= 11 is 0. The standard InChI is InChI=1S/C26H17N3O3/c1-15-6-2-5-9-21(15)29-24-19-13-16(18-12-17-7-3-4-8-20(17)27-14-18)10-11-22(19)32-25(30)23(24)28-26(29)31/h2-14H,1H3,(H,28,31). The molecular formula is C26H17N3O3. The van der Waals surface area contributed by atoms with E-state index in [2.05, 4.69) is 16.0 Å². The zero-order chi connectivity index (χ0) is 21.8. The van der Waals surface area contributed by atoms with Crippen molar-refractivity contribution >= 4 is 32.9 Å². The van der Waals surface area contributed by atoms with Crippen molar-refractivity contribution in [3.05, 3.63) is 105 Å². The fraction of sp³-hybridized carbons (Fsp3) is 0.0385. The number of hydrogen-bond acceptors (Lipinski definition) is 4. The van der Waals surface area contributed by atoms with Crippen LogP contribution in [-0.2, 0) is 0 Å². The molecule has 3 aromatic carbocycles. The van der Waals surface area contributed by atoms with Gasteiger partial charge in [-0.15, -0.1) is 0 Å². The Morgan fingerprint density at radius 1 is 0.906 bits per heavy atom. The Labute approximate surface area is 181 Å². The summed E-state index contributed by atoms with van der Waals surface area (Å²) in [7, 11) is 0. The molecule has 0 unspecified atom stereocenters. The van der Waals surface area contributed by atoms with E-state index in [1.165, 1.54) is 0 Å². The van der Waals surface area contributed by atoms with Crippen LogP contribution < -0.4 is 11.3 Å². The van der Waals surface area contributed by atoms with Gasteiger partial charge in [-0.1, -0.05) is 42.5 Å². The van der Waals surface area contributed by atoms with Crippen LogP contribution in [0.3, 0.4) is 0 Å². The van der Waals surface area contributed by atoms with Gasteiger partial charge < -0.3 is 4.42 Å². The van der Waals surface area contributed by atoms with Crippen molar-refractivity contribution < 1.29 is 4.42 Å². The van der Waals surface area contributed by atoms with Crippen molar-refractivity contribution in [3.8, 4) is 16.8 Å². The number of para-hydroxylation sites is 2. The molecule has 6 nitrogen and oxygen atoms in total. The van der Waals surface area contributed by atoms with Crippen molar-refractivity contribution in [3.63, 3.8) is 0 Å². The summed E-state index contributed by atoms with van der Waals surface area (Å²) in [4.78, 5) is 32.8. The third-order valence-corrected chi connectivity index (χ3v) is 5.82. The van der Waals surface area contributed by atoms with E-state index >= 15 is 0 Å². The quantitative estimate of drug-likeness (QED) is 0.403. The monoisotopic (exact) mass is 419 g/mol. The highest BCUT2D eigenvalue weighted by Crippen LogP contribution is 2.30. The van der Waals surface area contributed by atoms with Gasteiger partial charge in [-0.05, 0) is 48.4 Å². The van der Waals surface area contributed by atoms with Gasteiger partial charge in [-0.25, -0.2) is 9.59 Å².